The van der Waals surface area contributed by atoms with Gasteiger partial charge in [0.05, 0.1) is 21.9 Å². The van der Waals surface area contributed by atoms with E-state index in [0.29, 0.717) is 28.3 Å². The Hall–Kier alpha value is -3.42. The number of nitrogens with one attached hydrogen (secondary N) is 2. The molecule has 0 aliphatic heterocycles. The van der Waals surface area contributed by atoms with Gasteiger partial charge in [0.15, 0.2) is 5.82 Å². The minimum absolute atomic E-state index is 0.00802. The second-order valence-electron chi connectivity index (χ2n) is 9.26. The van der Waals surface area contributed by atoms with E-state index in [1.807, 2.05) is 24.3 Å². The van der Waals surface area contributed by atoms with Gasteiger partial charge in [-0.05, 0) is 56.7 Å². The van der Waals surface area contributed by atoms with E-state index in [1.165, 1.54) is 12.1 Å². The summed E-state index contributed by atoms with van der Waals surface area (Å²) in [5.41, 5.74) is 1.14. The van der Waals surface area contributed by atoms with Crippen LogP contribution in [0.25, 0.3) is 22.0 Å². The van der Waals surface area contributed by atoms with E-state index in [-0.39, 0.29) is 16.4 Å². The largest absolute Gasteiger partial charge is 0.394 e. The van der Waals surface area contributed by atoms with Crippen LogP contribution in [-0.4, -0.2) is 44.3 Å². The van der Waals surface area contributed by atoms with Crippen LogP contribution < -0.4 is 15.2 Å². The monoisotopic (exact) mass is 541 g/mol. The quantitative estimate of drug-likeness (QED) is 0.264. The Morgan fingerprint density at radius 3 is 2.19 bits per heavy atom. The predicted molar refractivity (Wildman–Crippen MR) is 142 cm³/mol. The fourth-order valence-electron chi connectivity index (χ4n) is 3.76. The first-order valence-corrected chi connectivity index (χ1v) is 14.2. The highest BCUT2D eigenvalue weighted by atomic mass is 32.2. The topological polar surface area (TPSA) is 164 Å². The SMILES string of the molecule is Cc1ccc(-c2nnc(Nc3ccc(S(N)(=O)=O)cc3)c3ccccc23)cc1S(=O)(=O)NC(C)(C)CO. The summed E-state index contributed by atoms with van der Waals surface area (Å²) >= 11 is 0. The Labute approximate surface area is 215 Å². The van der Waals surface area contributed by atoms with E-state index in [2.05, 4.69) is 20.2 Å². The van der Waals surface area contributed by atoms with Crippen molar-refractivity contribution in [1.82, 2.24) is 14.9 Å². The highest BCUT2D eigenvalue weighted by Gasteiger charge is 2.27. The Morgan fingerprint density at radius 1 is 0.919 bits per heavy atom. The van der Waals surface area contributed by atoms with Crippen LogP contribution in [0.3, 0.4) is 0 Å². The smallest absolute Gasteiger partial charge is 0.241 e. The van der Waals surface area contributed by atoms with E-state index in [1.54, 1.807) is 51.1 Å². The lowest BCUT2D eigenvalue weighted by Crippen LogP contribution is -2.46. The summed E-state index contributed by atoms with van der Waals surface area (Å²) in [5, 5.41) is 28.0. The van der Waals surface area contributed by atoms with Crippen molar-refractivity contribution in [1.29, 1.82) is 0 Å². The molecule has 0 atom stereocenters. The number of primary sulfonamides is 1. The normalized spacial score (nSPS) is 12.6. The van der Waals surface area contributed by atoms with Gasteiger partial charge in [-0.3, -0.25) is 0 Å². The molecular weight excluding hydrogens is 514 g/mol. The third-order valence-electron chi connectivity index (χ3n) is 5.69. The molecule has 0 saturated carbocycles. The van der Waals surface area contributed by atoms with Gasteiger partial charge in [-0.15, -0.1) is 10.2 Å². The molecule has 4 rings (SSSR count). The summed E-state index contributed by atoms with van der Waals surface area (Å²) in [6.45, 7) is 4.52. The maximum absolute atomic E-state index is 13.1. The number of anilines is 2. The first-order valence-electron chi connectivity index (χ1n) is 11.2. The number of fused-ring (bicyclic) bond motifs is 1. The molecule has 3 aromatic carbocycles. The lowest BCUT2D eigenvalue weighted by Gasteiger charge is -2.24. The number of hydrogen-bond donors (Lipinski definition) is 4. The van der Waals surface area contributed by atoms with Crippen LogP contribution in [-0.2, 0) is 20.0 Å². The van der Waals surface area contributed by atoms with E-state index < -0.39 is 25.6 Å². The average molecular weight is 542 g/mol. The fourth-order valence-corrected chi connectivity index (χ4v) is 5.95. The number of benzene rings is 3. The number of aliphatic hydroxyl groups excluding tert-OH is 1. The minimum atomic E-state index is -3.93. The Kier molecular flexibility index (Phi) is 7.06. The second kappa shape index (κ2) is 9.80. The van der Waals surface area contributed by atoms with Crippen molar-refractivity contribution in [3.8, 4) is 11.3 Å². The van der Waals surface area contributed by atoms with Gasteiger partial charge in [-0.1, -0.05) is 36.4 Å². The number of sulfonamides is 2. The van der Waals surface area contributed by atoms with Gasteiger partial charge in [0.2, 0.25) is 20.0 Å². The zero-order chi connectivity index (χ0) is 27.0. The van der Waals surface area contributed by atoms with E-state index in [0.717, 1.165) is 10.8 Å². The van der Waals surface area contributed by atoms with Crippen molar-refractivity contribution in [3.05, 3.63) is 72.3 Å². The van der Waals surface area contributed by atoms with Crippen LogP contribution in [0.1, 0.15) is 19.4 Å². The predicted octanol–water partition coefficient (Wildman–Crippen LogP) is 3.05. The molecule has 37 heavy (non-hydrogen) atoms. The van der Waals surface area contributed by atoms with Gasteiger partial charge in [0, 0.05) is 22.0 Å². The zero-order valence-corrected chi connectivity index (χ0v) is 22.1. The van der Waals surface area contributed by atoms with Crippen molar-refractivity contribution in [3.63, 3.8) is 0 Å². The Balaban J connectivity index is 1.76. The molecule has 0 spiro atoms. The number of nitrogens with zero attached hydrogens (tertiary/aromatic N) is 2. The van der Waals surface area contributed by atoms with Crippen molar-refractivity contribution >= 4 is 42.3 Å². The molecular formula is C25H27N5O5S2. The number of nitrogens with two attached hydrogens (primary N) is 1. The van der Waals surface area contributed by atoms with Gasteiger partial charge >= 0.3 is 0 Å². The molecule has 0 unspecified atom stereocenters. The van der Waals surface area contributed by atoms with E-state index in [4.69, 9.17) is 5.14 Å². The molecule has 0 radical (unpaired) electrons. The molecule has 0 aliphatic rings. The molecule has 0 amide bonds. The lowest BCUT2D eigenvalue weighted by molar-refractivity contribution is 0.208. The zero-order valence-electron chi connectivity index (χ0n) is 20.4. The highest BCUT2D eigenvalue weighted by Crippen LogP contribution is 2.33. The van der Waals surface area contributed by atoms with Gasteiger partial charge in [0.25, 0.3) is 0 Å². The van der Waals surface area contributed by atoms with Crippen LogP contribution in [0, 0.1) is 6.92 Å². The van der Waals surface area contributed by atoms with Crippen LogP contribution >= 0.6 is 0 Å². The number of rotatable bonds is 8. The summed E-state index contributed by atoms with van der Waals surface area (Å²) < 4.78 is 51.8. The molecule has 0 bridgehead atoms. The summed E-state index contributed by atoms with van der Waals surface area (Å²) in [4.78, 5) is 0.0703. The molecule has 194 valence electrons. The third-order valence-corrected chi connectivity index (χ3v) is 8.46. The van der Waals surface area contributed by atoms with Crippen LogP contribution in [0.5, 0.6) is 0 Å². The molecule has 0 fully saturated rings. The average Bonchev–Trinajstić information content (AvgIpc) is 2.84. The Bertz CT molecular complexity index is 1690. The number of aryl methyl sites for hydroxylation is 1. The first kappa shape index (κ1) is 26.6. The van der Waals surface area contributed by atoms with Crippen molar-refractivity contribution < 1.29 is 21.9 Å². The maximum atomic E-state index is 13.1. The molecule has 5 N–H and O–H groups in total. The fraction of sp³-hybridized carbons (Fsp3) is 0.200. The maximum Gasteiger partial charge on any atom is 0.241 e. The Morgan fingerprint density at radius 2 is 1.57 bits per heavy atom. The number of hydrogen-bond acceptors (Lipinski definition) is 8. The van der Waals surface area contributed by atoms with E-state index >= 15 is 0 Å². The molecule has 4 aromatic rings. The molecule has 1 heterocycles. The van der Waals surface area contributed by atoms with Crippen molar-refractivity contribution in [2.24, 2.45) is 5.14 Å². The van der Waals surface area contributed by atoms with Crippen LogP contribution in [0.4, 0.5) is 11.5 Å². The number of aromatic nitrogens is 2. The lowest BCUT2D eigenvalue weighted by atomic mass is 10.0. The van der Waals surface area contributed by atoms with Gasteiger partial charge in [0.1, 0.15) is 5.69 Å². The van der Waals surface area contributed by atoms with Crippen LogP contribution in [0.2, 0.25) is 0 Å². The molecule has 12 heteroatoms. The summed E-state index contributed by atoms with van der Waals surface area (Å²) in [6.07, 6.45) is 0. The summed E-state index contributed by atoms with van der Waals surface area (Å²) in [7, 11) is -7.74. The standard InChI is InChI=1S/C25H27N5O5S2/c1-16-8-9-17(14-22(16)37(34,35)30-25(2,3)15-31)23-20-6-4-5-7-21(20)24(29-28-23)27-18-10-12-19(13-11-18)36(26,32)33/h4-14,30-31H,15H2,1-3H3,(H,27,29)(H2,26,32,33). The van der Waals surface area contributed by atoms with Gasteiger partial charge in [-0.25, -0.2) is 26.7 Å². The highest BCUT2D eigenvalue weighted by molar-refractivity contribution is 7.89. The van der Waals surface area contributed by atoms with Crippen LogP contribution in [0.15, 0.2) is 76.5 Å². The first-order chi connectivity index (χ1) is 17.3. The second-order valence-corrected chi connectivity index (χ2v) is 12.5. The summed E-state index contributed by atoms with van der Waals surface area (Å²) in [6, 6.07) is 18.3. The van der Waals surface area contributed by atoms with Gasteiger partial charge in [-0.2, -0.15) is 0 Å². The number of aliphatic hydroxyl groups is 1. The van der Waals surface area contributed by atoms with Crippen molar-refractivity contribution in [2.75, 3.05) is 11.9 Å². The van der Waals surface area contributed by atoms with Gasteiger partial charge < -0.3 is 10.4 Å². The van der Waals surface area contributed by atoms with Crippen molar-refractivity contribution in [2.45, 2.75) is 36.1 Å². The van der Waals surface area contributed by atoms with E-state index in [9.17, 15) is 21.9 Å². The summed E-state index contributed by atoms with van der Waals surface area (Å²) in [5.74, 6) is 0.439. The third kappa shape index (κ3) is 5.78. The molecule has 0 aliphatic carbocycles. The molecule has 0 saturated heterocycles. The minimum Gasteiger partial charge on any atom is -0.394 e. The molecule has 10 nitrogen and oxygen atoms in total. The molecule has 1 aromatic heterocycles.